The molecule has 1 fully saturated rings. The van der Waals surface area contributed by atoms with Crippen molar-refractivity contribution >= 4 is 46.6 Å². The highest BCUT2D eigenvalue weighted by molar-refractivity contribution is 6.41. The van der Waals surface area contributed by atoms with E-state index in [1.807, 2.05) is 20.8 Å². The molecule has 4 nitrogen and oxygen atoms in total. The first-order valence-electron chi connectivity index (χ1n) is 7.05. The number of amides is 1. The number of hydrogen-bond donors (Lipinski definition) is 1. The molecule has 1 atom stereocenters. The van der Waals surface area contributed by atoms with Crippen LogP contribution in [0.3, 0.4) is 0 Å². The fourth-order valence-electron chi connectivity index (χ4n) is 2.25. The Balaban J connectivity index is 1.99. The first-order chi connectivity index (χ1) is 10.2. The fraction of sp³-hybridized carbons (Fsp3) is 0.533. The third-order valence-corrected chi connectivity index (χ3v) is 4.01. The Morgan fingerprint density at radius 3 is 2.41 bits per heavy atom. The van der Waals surface area contributed by atoms with E-state index in [9.17, 15) is 4.79 Å². The molecule has 0 saturated carbocycles. The number of halogens is 3. The number of benzene rings is 1. The number of likely N-dealkylation sites (tertiary alicyclic amines) is 1. The lowest BCUT2D eigenvalue weighted by molar-refractivity contribution is 0.0293. The molecule has 1 amide bonds. The molecule has 1 aromatic carbocycles. The molecular weight excluding hydrogens is 347 g/mol. The molecule has 1 saturated heterocycles. The van der Waals surface area contributed by atoms with Gasteiger partial charge in [0.15, 0.2) is 0 Å². The largest absolute Gasteiger partial charge is 0.444 e. The van der Waals surface area contributed by atoms with Gasteiger partial charge in [-0.1, -0.05) is 34.8 Å². The summed E-state index contributed by atoms with van der Waals surface area (Å²) in [4.78, 5) is 13.7. The van der Waals surface area contributed by atoms with Crippen molar-refractivity contribution in [3.8, 4) is 0 Å². The van der Waals surface area contributed by atoms with E-state index in [1.54, 1.807) is 17.0 Å². The Bertz CT molecular complexity index is 549. The second-order valence-electron chi connectivity index (χ2n) is 6.30. The van der Waals surface area contributed by atoms with Crippen LogP contribution in [0.15, 0.2) is 12.1 Å². The van der Waals surface area contributed by atoms with E-state index in [0.717, 1.165) is 6.42 Å². The molecule has 0 aromatic heterocycles. The topological polar surface area (TPSA) is 41.6 Å². The average molecular weight is 366 g/mol. The highest BCUT2D eigenvalue weighted by Crippen LogP contribution is 2.35. The van der Waals surface area contributed by atoms with Crippen LogP contribution in [0.25, 0.3) is 0 Å². The van der Waals surface area contributed by atoms with Gasteiger partial charge in [0.1, 0.15) is 5.60 Å². The molecule has 1 N–H and O–H groups in total. The van der Waals surface area contributed by atoms with Gasteiger partial charge in [0.25, 0.3) is 0 Å². The summed E-state index contributed by atoms with van der Waals surface area (Å²) in [6.07, 6.45) is 0.499. The molecule has 1 aromatic rings. The Hall–Kier alpha value is -0.840. The molecule has 2 rings (SSSR count). The van der Waals surface area contributed by atoms with Crippen molar-refractivity contribution in [2.45, 2.75) is 38.8 Å². The van der Waals surface area contributed by atoms with E-state index in [-0.39, 0.29) is 12.1 Å². The molecule has 7 heteroatoms. The number of hydrogen-bond acceptors (Lipinski definition) is 3. The van der Waals surface area contributed by atoms with Crippen molar-refractivity contribution in [3.63, 3.8) is 0 Å². The maximum Gasteiger partial charge on any atom is 0.410 e. The standard InChI is InChI=1S/C15H19Cl3N2O2/c1-15(2,3)22-14(21)20-5-4-10(8-20)19-13-11(17)6-9(16)7-12(13)18/h6-7,10,19H,4-5,8H2,1-3H3. The van der Waals surface area contributed by atoms with Gasteiger partial charge in [-0.2, -0.15) is 0 Å². The van der Waals surface area contributed by atoms with Gasteiger partial charge in [-0.15, -0.1) is 0 Å². The molecule has 0 spiro atoms. The van der Waals surface area contributed by atoms with E-state index >= 15 is 0 Å². The predicted octanol–water partition coefficient (Wildman–Crippen LogP) is 5.07. The molecule has 0 bridgehead atoms. The lowest BCUT2D eigenvalue weighted by Gasteiger charge is -2.24. The van der Waals surface area contributed by atoms with Crippen LogP contribution in [0.5, 0.6) is 0 Å². The van der Waals surface area contributed by atoms with Crippen LogP contribution in [0.1, 0.15) is 27.2 Å². The zero-order chi connectivity index (χ0) is 16.5. The number of carbonyl (C=O) groups excluding carboxylic acids is 1. The first-order valence-corrected chi connectivity index (χ1v) is 8.18. The van der Waals surface area contributed by atoms with Crippen molar-refractivity contribution < 1.29 is 9.53 Å². The zero-order valence-corrected chi connectivity index (χ0v) is 15.0. The molecule has 22 heavy (non-hydrogen) atoms. The van der Waals surface area contributed by atoms with Crippen LogP contribution in [0.4, 0.5) is 10.5 Å². The fourth-order valence-corrected chi connectivity index (χ4v) is 3.18. The van der Waals surface area contributed by atoms with Crippen LogP contribution in [-0.4, -0.2) is 35.7 Å². The summed E-state index contributed by atoms with van der Waals surface area (Å²) in [5, 5.41) is 4.70. The molecule has 1 unspecified atom stereocenters. The predicted molar refractivity (Wildman–Crippen MR) is 91.3 cm³/mol. The summed E-state index contributed by atoms with van der Waals surface area (Å²) in [7, 11) is 0. The Morgan fingerprint density at radius 1 is 1.27 bits per heavy atom. The van der Waals surface area contributed by atoms with Gasteiger partial charge in [0.2, 0.25) is 0 Å². The van der Waals surface area contributed by atoms with Gasteiger partial charge < -0.3 is 15.0 Å². The van der Waals surface area contributed by atoms with Crippen LogP contribution in [-0.2, 0) is 4.74 Å². The van der Waals surface area contributed by atoms with Crippen molar-refractivity contribution in [3.05, 3.63) is 27.2 Å². The summed E-state index contributed by atoms with van der Waals surface area (Å²) >= 11 is 18.2. The number of ether oxygens (including phenoxy) is 1. The summed E-state index contributed by atoms with van der Waals surface area (Å²) in [6, 6.07) is 3.35. The third-order valence-electron chi connectivity index (χ3n) is 3.20. The summed E-state index contributed by atoms with van der Waals surface area (Å²) < 4.78 is 5.37. The quantitative estimate of drug-likeness (QED) is 0.795. The SMILES string of the molecule is CC(C)(C)OC(=O)N1CCC(Nc2c(Cl)cc(Cl)cc2Cl)C1. The molecule has 0 radical (unpaired) electrons. The van der Waals surface area contributed by atoms with Crippen molar-refractivity contribution in [2.75, 3.05) is 18.4 Å². The maximum absolute atomic E-state index is 12.0. The van der Waals surface area contributed by atoms with Crippen molar-refractivity contribution in [1.29, 1.82) is 0 Å². The summed E-state index contributed by atoms with van der Waals surface area (Å²) in [5.41, 5.74) is 0.148. The minimum Gasteiger partial charge on any atom is -0.444 e. The minimum absolute atomic E-state index is 0.0729. The normalized spacial score (nSPS) is 18.5. The second kappa shape index (κ2) is 6.73. The first kappa shape index (κ1) is 17.5. The van der Waals surface area contributed by atoms with Crippen LogP contribution in [0, 0.1) is 0 Å². The lowest BCUT2D eigenvalue weighted by Crippen LogP contribution is -2.36. The molecule has 0 aliphatic carbocycles. The van der Waals surface area contributed by atoms with Gasteiger partial charge in [-0.3, -0.25) is 0 Å². The van der Waals surface area contributed by atoms with Gasteiger partial charge in [0.05, 0.1) is 15.7 Å². The van der Waals surface area contributed by atoms with E-state index in [0.29, 0.717) is 33.8 Å². The molecule has 1 aliphatic rings. The zero-order valence-electron chi connectivity index (χ0n) is 12.8. The summed E-state index contributed by atoms with van der Waals surface area (Å²) in [6.45, 7) is 6.73. The van der Waals surface area contributed by atoms with Crippen LogP contribution in [0.2, 0.25) is 15.1 Å². The number of nitrogens with one attached hydrogen (secondary N) is 1. The van der Waals surface area contributed by atoms with E-state index < -0.39 is 5.60 Å². The van der Waals surface area contributed by atoms with Crippen LogP contribution >= 0.6 is 34.8 Å². The maximum atomic E-state index is 12.0. The lowest BCUT2D eigenvalue weighted by atomic mass is 10.2. The van der Waals surface area contributed by atoms with E-state index in [2.05, 4.69) is 5.32 Å². The van der Waals surface area contributed by atoms with Gasteiger partial charge >= 0.3 is 6.09 Å². The Labute approximate surface area is 145 Å². The number of rotatable bonds is 2. The smallest absolute Gasteiger partial charge is 0.410 e. The van der Waals surface area contributed by atoms with Crippen molar-refractivity contribution in [2.24, 2.45) is 0 Å². The highest BCUT2D eigenvalue weighted by Gasteiger charge is 2.30. The Kier molecular flexibility index (Phi) is 5.36. The summed E-state index contributed by atoms with van der Waals surface area (Å²) in [5.74, 6) is 0. The Morgan fingerprint density at radius 2 is 1.86 bits per heavy atom. The number of carbonyl (C=O) groups is 1. The van der Waals surface area contributed by atoms with Crippen molar-refractivity contribution in [1.82, 2.24) is 4.90 Å². The molecule has 122 valence electrons. The second-order valence-corrected chi connectivity index (χ2v) is 7.55. The van der Waals surface area contributed by atoms with Gasteiger partial charge in [-0.25, -0.2) is 4.79 Å². The highest BCUT2D eigenvalue weighted by atomic mass is 35.5. The van der Waals surface area contributed by atoms with Gasteiger partial charge in [-0.05, 0) is 39.3 Å². The molecular formula is C15H19Cl3N2O2. The molecule has 1 aliphatic heterocycles. The monoisotopic (exact) mass is 364 g/mol. The van der Waals surface area contributed by atoms with E-state index in [1.165, 1.54) is 0 Å². The third kappa shape index (κ3) is 4.58. The van der Waals surface area contributed by atoms with Gasteiger partial charge in [0, 0.05) is 24.2 Å². The minimum atomic E-state index is -0.495. The average Bonchev–Trinajstić information content (AvgIpc) is 2.80. The van der Waals surface area contributed by atoms with E-state index in [4.69, 9.17) is 39.5 Å². The molecule has 1 heterocycles. The van der Waals surface area contributed by atoms with Crippen LogP contribution < -0.4 is 5.32 Å². The number of anilines is 1. The number of nitrogens with zero attached hydrogens (tertiary/aromatic N) is 1.